The summed E-state index contributed by atoms with van der Waals surface area (Å²) in [5.74, 6) is -0.698. The van der Waals surface area contributed by atoms with E-state index in [4.69, 9.17) is 0 Å². The van der Waals surface area contributed by atoms with E-state index >= 15 is 0 Å². The monoisotopic (exact) mass is 352 g/mol. The molecule has 0 spiro atoms. The van der Waals surface area contributed by atoms with E-state index in [-0.39, 0.29) is 30.7 Å². The number of rotatable bonds is 5. The lowest BCUT2D eigenvalue weighted by Crippen LogP contribution is -2.36. The van der Waals surface area contributed by atoms with Crippen LogP contribution in [0.15, 0.2) is 22.7 Å². The zero-order chi connectivity index (χ0) is 15.6. The Balaban J connectivity index is 2.08. The number of carbonyl (C=O) groups excluding carboxylic acids is 3. The molecule has 1 aromatic carbocycles. The number of hydrogen-bond donors (Lipinski definition) is 0. The van der Waals surface area contributed by atoms with Gasteiger partial charge in [-0.1, -0.05) is 15.9 Å². The number of carbonyl (C=O) groups is 3. The Labute approximate surface area is 132 Å². The number of halogens is 1. The van der Waals surface area contributed by atoms with Gasteiger partial charge in [-0.05, 0) is 32.0 Å². The van der Waals surface area contributed by atoms with Gasteiger partial charge in [0.15, 0.2) is 0 Å². The van der Waals surface area contributed by atoms with Gasteiger partial charge in [0.25, 0.3) is 11.8 Å². The average Bonchev–Trinajstić information content (AvgIpc) is 2.70. The fourth-order valence-corrected chi connectivity index (χ4v) is 2.77. The maximum Gasteiger partial charge on any atom is 0.261 e. The van der Waals surface area contributed by atoms with E-state index in [9.17, 15) is 14.4 Å². The smallest absolute Gasteiger partial charge is 0.261 e. The molecule has 0 fully saturated rings. The first-order valence-electron chi connectivity index (χ1n) is 6.93. The Kier molecular flexibility index (Phi) is 4.77. The van der Waals surface area contributed by atoms with E-state index in [1.54, 1.807) is 23.1 Å². The van der Waals surface area contributed by atoms with Gasteiger partial charge in [-0.3, -0.25) is 19.3 Å². The summed E-state index contributed by atoms with van der Waals surface area (Å²) in [6, 6.07) is 5.00. The van der Waals surface area contributed by atoms with Crippen LogP contribution in [0.5, 0.6) is 0 Å². The Bertz CT molecular complexity index is 597. The summed E-state index contributed by atoms with van der Waals surface area (Å²) in [6.45, 7) is 5.19. The molecule has 6 heteroatoms. The molecule has 112 valence electrons. The van der Waals surface area contributed by atoms with Crippen molar-refractivity contribution in [2.45, 2.75) is 20.3 Å². The van der Waals surface area contributed by atoms with E-state index in [2.05, 4.69) is 15.9 Å². The molecule has 1 aliphatic heterocycles. The first-order valence-corrected chi connectivity index (χ1v) is 7.72. The molecule has 1 heterocycles. The van der Waals surface area contributed by atoms with Crippen molar-refractivity contribution in [2.24, 2.45) is 0 Å². The number of amides is 3. The van der Waals surface area contributed by atoms with Crippen molar-refractivity contribution in [3.05, 3.63) is 33.8 Å². The largest absolute Gasteiger partial charge is 0.343 e. The highest BCUT2D eigenvalue weighted by molar-refractivity contribution is 9.10. The molecule has 1 aliphatic rings. The first kappa shape index (κ1) is 15.7. The van der Waals surface area contributed by atoms with Gasteiger partial charge in [-0.25, -0.2) is 0 Å². The summed E-state index contributed by atoms with van der Waals surface area (Å²) in [4.78, 5) is 39.3. The normalized spacial score (nSPS) is 13.6. The molecular weight excluding hydrogens is 336 g/mol. The third-order valence-electron chi connectivity index (χ3n) is 3.60. The molecule has 0 aromatic heterocycles. The maximum absolute atomic E-state index is 12.2. The third kappa shape index (κ3) is 3.00. The highest BCUT2D eigenvalue weighted by atomic mass is 79.9. The Hall–Kier alpha value is -1.69. The molecule has 0 bridgehead atoms. The molecule has 0 saturated heterocycles. The van der Waals surface area contributed by atoms with Gasteiger partial charge in [0.05, 0.1) is 11.1 Å². The Morgan fingerprint density at radius 1 is 1.14 bits per heavy atom. The number of imide groups is 1. The summed E-state index contributed by atoms with van der Waals surface area (Å²) < 4.78 is 0.753. The van der Waals surface area contributed by atoms with Crippen LogP contribution < -0.4 is 0 Å². The standard InChI is InChI=1S/C15H17BrN2O3/c1-3-17(4-2)13(19)7-8-18-14(20)11-6-5-10(16)9-12(11)15(18)21/h5-6,9H,3-4,7-8H2,1-2H3. The maximum atomic E-state index is 12.2. The highest BCUT2D eigenvalue weighted by Gasteiger charge is 2.35. The molecule has 0 unspecified atom stereocenters. The topological polar surface area (TPSA) is 57.7 Å². The summed E-state index contributed by atoms with van der Waals surface area (Å²) >= 11 is 3.29. The fourth-order valence-electron chi connectivity index (χ4n) is 2.41. The summed E-state index contributed by atoms with van der Waals surface area (Å²) in [5.41, 5.74) is 0.795. The summed E-state index contributed by atoms with van der Waals surface area (Å²) in [6.07, 6.45) is 0.161. The van der Waals surface area contributed by atoms with Crippen LogP contribution in [0.4, 0.5) is 0 Å². The predicted octanol–water partition coefficient (Wildman–Crippen LogP) is 2.30. The molecule has 21 heavy (non-hydrogen) atoms. The van der Waals surface area contributed by atoms with Crippen molar-refractivity contribution < 1.29 is 14.4 Å². The molecule has 0 atom stereocenters. The van der Waals surface area contributed by atoms with Crippen molar-refractivity contribution in [1.29, 1.82) is 0 Å². The third-order valence-corrected chi connectivity index (χ3v) is 4.09. The molecule has 1 aromatic rings. The second-order valence-electron chi connectivity index (χ2n) is 4.77. The van der Waals surface area contributed by atoms with Gasteiger partial charge >= 0.3 is 0 Å². The first-order chi connectivity index (χ1) is 9.99. The van der Waals surface area contributed by atoms with Gasteiger partial charge in [0.1, 0.15) is 0 Å². The molecule has 0 N–H and O–H groups in total. The number of benzene rings is 1. The quantitative estimate of drug-likeness (QED) is 0.764. The molecular formula is C15H17BrN2O3. The van der Waals surface area contributed by atoms with E-state index in [0.29, 0.717) is 24.2 Å². The zero-order valence-electron chi connectivity index (χ0n) is 12.1. The van der Waals surface area contributed by atoms with Crippen LogP contribution in [-0.4, -0.2) is 47.2 Å². The minimum absolute atomic E-state index is 0.0438. The van der Waals surface area contributed by atoms with Crippen molar-refractivity contribution in [2.75, 3.05) is 19.6 Å². The minimum atomic E-state index is -0.330. The Morgan fingerprint density at radius 2 is 1.76 bits per heavy atom. The van der Waals surface area contributed by atoms with E-state index < -0.39 is 0 Å². The lowest BCUT2D eigenvalue weighted by atomic mass is 10.1. The lowest BCUT2D eigenvalue weighted by molar-refractivity contribution is -0.130. The summed E-state index contributed by atoms with van der Waals surface area (Å²) in [5, 5.41) is 0. The number of nitrogens with zero attached hydrogens (tertiary/aromatic N) is 2. The van der Waals surface area contributed by atoms with Crippen LogP contribution in [0.25, 0.3) is 0 Å². The van der Waals surface area contributed by atoms with Gasteiger partial charge in [-0.15, -0.1) is 0 Å². The van der Waals surface area contributed by atoms with E-state index in [0.717, 1.165) is 9.37 Å². The molecule has 0 saturated carbocycles. The SMILES string of the molecule is CCN(CC)C(=O)CCN1C(=O)c2ccc(Br)cc2C1=O. The van der Waals surface area contributed by atoms with Crippen molar-refractivity contribution in [3.63, 3.8) is 0 Å². The van der Waals surface area contributed by atoms with Crippen LogP contribution in [0.1, 0.15) is 41.0 Å². The summed E-state index contributed by atoms with van der Waals surface area (Å²) in [7, 11) is 0. The zero-order valence-corrected chi connectivity index (χ0v) is 13.6. The van der Waals surface area contributed by atoms with Crippen LogP contribution in [0, 0.1) is 0 Å². The van der Waals surface area contributed by atoms with E-state index in [1.807, 2.05) is 13.8 Å². The highest BCUT2D eigenvalue weighted by Crippen LogP contribution is 2.26. The number of hydrogen-bond acceptors (Lipinski definition) is 3. The lowest BCUT2D eigenvalue weighted by Gasteiger charge is -2.20. The van der Waals surface area contributed by atoms with Crippen molar-refractivity contribution in [3.8, 4) is 0 Å². The van der Waals surface area contributed by atoms with Crippen LogP contribution in [-0.2, 0) is 4.79 Å². The fraction of sp³-hybridized carbons (Fsp3) is 0.400. The van der Waals surface area contributed by atoms with Crippen LogP contribution in [0.3, 0.4) is 0 Å². The van der Waals surface area contributed by atoms with E-state index in [1.165, 1.54) is 0 Å². The van der Waals surface area contributed by atoms with Crippen molar-refractivity contribution in [1.82, 2.24) is 9.80 Å². The number of fused-ring (bicyclic) bond motifs is 1. The molecule has 5 nitrogen and oxygen atoms in total. The van der Waals surface area contributed by atoms with Gasteiger partial charge in [0.2, 0.25) is 5.91 Å². The second-order valence-corrected chi connectivity index (χ2v) is 5.68. The molecule has 0 aliphatic carbocycles. The average molecular weight is 353 g/mol. The minimum Gasteiger partial charge on any atom is -0.343 e. The molecule has 2 rings (SSSR count). The van der Waals surface area contributed by atoms with Crippen molar-refractivity contribution >= 4 is 33.7 Å². The van der Waals surface area contributed by atoms with Gasteiger partial charge in [-0.2, -0.15) is 0 Å². The van der Waals surface area contributed by atoms with Gasteiger partial charge in [0, 0.05) is 30.5 Å². The second kappa shape index (κ2) is 6.39. The van der Waals surface area contributed by atoms with Crippen LogP contribution in [0.2, 0.25) is 0 Å². The molecule has 3 amide bonds. The Morgan fingerprint density at radius 3 is 2.38 bits per heavy atom. The molecule has 0 radical (unpaired) electrons. The van der Waals surface area contributed by atoms with Gasteiger partial charge < -0.3 is 4.90 Å². The van der Waals surface area contributed by atoms with Crippen LogP contribution >= 0.6 is 15.9 Å². The predicted molar refractivity (Wildman–Crippen MR) is 82.1 cm³/mol.